The summed E-state index contributed by atoms with van der Waals surface area (Å²) in [6, 6.07) is 0.255. The van der Waals surface area contributed by atoms with E-state index in [1.807, 2.05) is 18.7 Å². The number of rotatable bonds is 1. The van der Waals surface area contributed by atoms with E-state index in [0.717, 1.165) is 19.3 Å². The van der Waals surface area contributed by atoms with Gasteiger partial charge in [-0.25, -0.2) is 4.79 Å². The lowest BCUT2D eigenvalue weighted by Crippen LogP contribution is -2.51. The van der Waals surface area contributed by atoms with Gasteiger partial charge in [-0.05, 0) is 33.1 Å². The largest absolute Gasteiger partial charge is 0.447 e. The predicted molar refractivity (Wildman–Crippen MR) is 55.7 cm³/mol. The Morgan fingerprint density at radius 3 is 3.00 bits per heavy atom. The molecule has 86 valence electrons. The molecular weight excluding hydrogens is 194 g/mol. The van der Waals surface area contributed by atoms with Crippen LogP contribution in [0.1, 0.15) is 33.1 Å². The van der Waals surface area contributed by atoms with Crippen LogP contribution in [0.4, 0.5) is 4.79 Å². The zero-order valence-corrected chi connectivity index (χ0v) is 9.44. The van der Waals surface area contributed by atoms with Gasteiger partial charge in [-0.1, -0.05) is 0 Å². The molecule has 1 amide bonds. The number of ether oxygens (including phenoxy) is 2. The zero-order chi connectivity index (χ0) is 10.8. The first kappa shape index (κ1) is 10.7. The van der Waals surface area contributed by atoms with Crippen LogP contribution in [0.15, 0.2) is 0 Å². The minimum Gasteiger partial charge on any atom is -0.447 e. The van der Waals surface area contributed by atoms with Gasteiger partial charge in [-0.3, -0.25) is 0 Å². The number of fused-ring (bicyclic) bond motifs is 1. The summed E-state index contributed by atoms with van der Waals surface area (Å²) in [5, 5.41) is 0. The van der Waals surface area contributed by atoms with E-state index in [0.29, 0.717) is 13.2 Å². The number of carbonyl (C=O) groups excluding carboxylic acids is 1. The van der Waals surface area contributed by atoms with Gasteiger partial charge in [0, 0.05) is 6.54 Å². The van der Waals surface area contributed by atoms with Crippen LogP contribution >= 0.6 is 0 Å². The zero-order valence-electron chi connectivity index (χ0n) is 9.44. The summed E-state index contributed by atoms with van der Waals surface area (Å²) in [6.07, 6.45) is 3.32. The molecule has 2 unspecified atom stereocenters. The maximum Gasteiger partial charge on any atom is 0.410 e. The highest BCUT2D eigenvalue weighted by Gasteiger charge is 2.39. The van der Waals surface area contributed by atoms with Crippen molar-refractivity contribution in [1.82, 2.24) is 4.90 Å². The van der Waals surface area contributed by atoms with Crippen LogP contribution in [0.25, 0.3) is 0 Å². The van der Waals surface area contributed by atoms with Crippen LogP contribution in [-0.2, 0) is 9.47 Å². The Balaban J connectivity index is 1.98. The van der Waals surface area contributed by atoms with E-state index < -0.39 is 0 Å². The van der Waals surface area contributed by atoms with E-state index in [1.54, 1.807) is 0 Å². The van der Waals surface area contributed by atoms with Gasteiger partial charge in [0.2, 0.25) is 0 Å². The Kier molecular flexibility index (Phi) is 3.14. The molecule has 0 aromatic carbocycles. The summed E-state index contributed by atoms with van der Waals surface area (Å²) in [5.41, 5.74) is 0. The summed E-state index contributed by atoms with van der Waals surface area (Å²) < 4.78 is 10.9. The third kappa shape index (κ3) is 2.25. The van der Waals surface area contributed by atoms with Crippen LogP contribution < -0.4 is 0 Å². The molecule has 0 radical (unpaired) electrons. The number of amides is 1. The summed E-state index contributed by atoms with van der Waals surface area (Å²) in [5.74, 6) is 0. The highest BCUT2D eigenvalue weighted by molar-refractivity contribution is 5.68. The highest BCUT2D eigenvalue weighted by Crippen LogP contribution is 2.30. The van der Waals surface area contributed by atoms with Crippen molar-refractivity contribution in [3.63, 3.8) is 0 Å². The second-order valence-electron chi connectivity index (χ2n) is 4.53. The van der Waals surface area contributed by atoms with Crippen molar-refractivity contribution in [3.05, 3.63) is 0 Å². The van der Waals surface area contributed by atoms with E-state index in [4.69, 9.17) is 9.47 Å². The fourth-order valence-corrected chi connectivity index (χ4v) is 2.42. The van der Waals surface area contributed by atoms with Crippen molar-refractivity contribution in [2.75, 3.05) is 13.2 Å². The quantitative estimate of drug-likeness (QED) is 0.666. The molecule has 2 rings (SSSR count). The minimum atomic E-state index is -0.176. The summed E-state index contributed by atoms with van der Waals surface area (Å²) in [4.78, 5) is 13.6. The molecule has 0 N–H and O–H groups in total. The smallest absolute Gasteiger partial charge is 0.410 e. The molecule has 0 aromatic heterocycles. The van der Waals surface area contributed by atoms with Crippen molar-refractivity contribution >= 4 is 6.09 Å². The van der Waals surface area contributed by atoms with Crippen LogP contribution in [0, 0.1) is 0 Å². The lowest BCUT2D eigenvalue weighted by molar-refractivity contribution is -0.0545. The van der Waals surface area contributed by atoms with E-state index in [1.165, 1.54) is 0 Å². The molecule has 1 heterocycles. The molecule has 2 aliphatic rings. The average Bonchev–Trinajstić information content (AvgIpc) is 2.63. The third-order valence-electron chi connectivity index (χ3n) is 3.05. The Hall–Kier alpha value is -0.770. The van der Waals surface area contributed by atoms with E-state index >= 15 is 0 Å². The molecule has 1 aliphatic carbocycles. The van der Waals surface area contributed by atoms with Crippen molar-refractivity contribution < 1.29 is 14.3 Å². The van der Waals surface area contributed by atoms with Gasteiger partial charge >= 0.3 is 6.09 Å². The Bertz CT molecular complexity index is 242. The maximum atomic E-state index is 11.8. The Morgan fingerprint density at radius 1 is 1.47 bits per heavy atom. The normalized spacial score (nSPS) is 30.5. The summed E-state index contributed by atoms with van der Waals surface area (Å²) >= 11 is 0. The average molecular weight is 213 g/mol. The van der Waals surface area contributed by atoms with E-state index in [9.17, 15) is 4.79 Å². The molecule has 2 atom stereocenters. The van der Waals surface area contributed by atoms with Gasteiger partial charge in [-0.2, -0.15) is 0 Å². The standard InChI is InChI=1S/C11H19NO3/c1-8(2)15-11(13)12-6-7-14-10-5-3-4-9(10)12/h8-10H,3-7H2,1-2H3. The molecule has 2 fully saturated rings. The highest BCUT2D eigenvalue weighted by atomic mass is 16.6. The van der Waals surface area contributed by atoms with Crippen molar-refractivity contribution in [2.45, 2.75) is 51.4 Å². The van der Waals surface area contributed by atoms with Crippen molar-refractivity contribution in [1.29, 1.82) is 0 Å². The number of hydrogen-bond acceptors (Lipinski definition) is 3. The lowest BCUT2D eigenvalue weighted by Gasteiger charge is -2.37. The van der Waals surface area contributed by atoms with E-state index in [2.05, 4.69) is 0 Å². The molecular formula is C11H19NO3. The van der Waals surface area contributed by atoms with Crippen molar-refractivity contribution in [2.24, 2.45) is 0 Å². The SMILES string of the molecule is CC(C)OC(=O)N1CCOC2CCCC21. The number of nitrogens with zero attached hydrogens (tertiary/aromatic N) is 1. The monoisotopic (exact) mass is 213 g/mol. The number of morpholine rings is 1. The second-order valence-corrected chi connectivity index (χ2v) is 4.53. The van der Waals surface area contributed by atoms with Crippen LogP contribution in [0.3, 0.4) is 0 Å². The molecule has 1 aliphatic heterocycles. The van der Waals surface area contributed by atoms with Gasteiger partial charge in [0.15, 0.2) is 0 Å². The molecule has 15 heavy (non-hydrogen) atoms. The number of carbonyl (C=O) groups is 1. The van der Waals surface area contributed by atoms with Gasteiger partial charge in [0.05, 0.1) is 24.9 Å². The molecule has 1 saturated heterocycles. The molecule has 4 nitrogen and oxygen atoms in total. The fraction of sp³-hybridized carbons (Fsp3) is 0.909. The molecule has 0 aromatic rings. The fourth-order valence-electron chi connectivity index (χ4n) is 2.42. The predicted octanol–water partition coefficient (Wildman–Crippen LogP) is 1.78. The minimum absolute atomic E-state index is 0.0415. The first-order chi connectivity index (χ1) is 7.18. The first-order valence-electron chi connectivity index (χ1n) is 5.77. The topological polar surface area (TPSA) is 38.8 Å². The van der Waals surface area contributed by atoms with Crippen LogP contribution in [-0.4, -0.2) is 42.4 Å². The van der Waals surface area contributed by atoms with Gasteiger partial charge in [0.1, 0.15) is 0 Å². The van der Waals surface area contributed by atoms with Gasteiger partial charge < -0.3 is 14.4 Å². The Labute approximate surface area is 90.5 Å². The Morgan fingerprint density at radius 2 is 2.27 bits per heavy atom. The van der Waals surface area contributed by atoms with E-state index in [-0.39, 0.29) is 24.3 Å². The van der Waals surface area contributed by atoms with Crippen LogP contribution in [0.2, 0.25) is 0 Å². The first-order valence-corrected chi connectivity index (χ1v) is 5.77. The number of hydrogen-bond donors (Lipinski definition) is 0. The van der Waals surface area contributed by atoms with Crippen LogP contribution in [0.5, 0.6) is 0 Å². The molecule has 1 saturated carbocycles. The molecule has 0 spiro atoms. The summed E-state index contributed by atoms with van der Waals surface area (Å²) in [6.45, 7) is 5.08. The maximum absolute atomic E-state index is 11.8. The van der Waals surface area contributed by atoms with Gasteiger partial charge in [-0.15, -0.1) is 0 Å². The van der Waals surface area contributed by atoms with Gasteiger partial charge in [0.25, 0.3) is 0 Å². The molecule has 0 bridgehead atoms. The summed E-state index contributed by atoms with van der Waals surface area (Å²) in [7, 11) is 0. The third-order valence-corrected chi connectivity index (χ3v) is 3.05. The molecule has 4 heteroatoms. The second kappa shape index (κ2) is 4.39. The van der Waals surface area contributed by atoms with Crippen molar-refractivity contribution in [3.8, 4) is 0 Å². The lowest BCUT2D eigenvalue weighted by atomic mass is 10.1.